The van der Waals surface area contributed by atoms with Crippen molar-refractivity contribution >= 4 is 27.5 Å². The van der Waals surface area contributed by atoms with Crippen LogP contribution in [0.5, 0.6) is 11.5 Å². The van der Waals surface area contributed by atoms with Crippen LogP contribution in [-0.4, -0.2) is 59.0 Å². The number of amides is 2. The highest BCUT2D eigenvalue weighted by atomic mass is 32.2. The quantitative estimate of drug-likeness (QED) is 0.228. The second-order valence-electron chi connectivity index (χ2n) is 10.3. The van der Waals surface area contributed by atoms with Crippen molar-refractivity contribution in [3.8, 4) is 11.5 Å². The number of hydrogen-bond donors (Lipinski definition) is 1. The highest BCUT2D eigenvalue weighted by Gasteiger charge is 2.35. The van der Waals surface area contributed by atoms with Crippen molar-refractivity contribution in [3.05, 3.63) is 120 Å². The topological polar surface area (TPSA) is 105 Å². The summed E-state index contributed by atoms with van der Waals surface area (Å²) in [5.41, 5.74) is 1.83. The normalized spacial score (nSPS) is 11.8. The standard InChI is InChI=1S/C34H36FN3O6S/c1-24-14-17-28(18-15-24)45(41,42)38(30-21-27(43-3)16-19-32(30)44-4)23-33(39)37(22-26-12-8-9-13-29(26)35)31(34(40)36-2)20-25-10-6-5-7-11-25/h5-19,21,31H,20,22-23H2,1-4H3,(H,36,40). The molecule has 1 unspecified atom stereocenters. The van der Waals surface area contributed by atoms with E-state index in [9.17, 15) is 22.4 Å². The van der Waals surface area contributed by atoms with E-state index in [1.54, 1.807) is 24.3 Å². The summed E-state index contributed by atoms with van der Waals surface area (Å²) in [6.07, 6.45) is 0.105. The van der Waals surface area contributed by atoms with Gasteiger partial charge in [-0.2, -0.15) is 0 Å². The third kappa shape index (κ3) is 7.79. The maximum Gasteiger partial charge on any atom is 0.264 e. The number of likely N-dealkylation sites (N-methyl/N-ethyl adjacent to an activating group) is 1. The molecular formula is C34H36FN3O6S. The van der Waals surface area contributed by atoms with Gasteiger partial charge in [0.1, 0.15) is 29.9 Å². The predicted molar refractivity (Wildman–Crippen MR) is 170 cm³/mol. The van der Waals surface area contributed by atoms with Gasteiger partial charge in [0.15, 0.2) is 0 Å². The number of anilines is 1. The third-order valence-corrected chi connectivity index (χ3v) is 9.13. The van der Waals surface area contributed by atoms with E-state index in [-0.39, 0.29) is 34.9 Å². The van der Waals surface area contributed by atoms with Crippen LogP contribution in [0.25, 0.3) is 0 Å². The van der Waals surface area contributed by atoms with Gasteiger partial charge in [-0.15, -0.1) is 0 Å². The molecule has 0 aliphatic heterocycles. The van der Waals surface area contributed by atoms with Gasteiger partial charge in [0, 0.05) is 31.6 Å². The van der Waals surface area contributed by atoms with E-state index in [0.29, 0.717) is 5.75 Å². The molecule has 4 aromatic rings. The lowest BCUT2D eigenvalue weighted by Crippen LogP contribution is -2.53. The van der Waals surface area contributed by atoms with Crippen LogP contribution in [0.4, 0.5) is 10.1 Å². The molecule has 4 rings (SSSR count). The van der Waals surface area contributed by atoms with Gasteiger partial charge in [-0.1, -0.05) is 66.2 Å². The molecule has 0 radical (unpaired) electrons. The van der Waals surface area contributed by atoms with E-state index in [1.807, 2.05) is 37.3 Å². The number of halogens is 1. The Labute approximate surface area is 263 Å². The van der Waals surface area contributed by atoms with Crippen LogP contribution in [0.15, 0.2) is 102 Å². The van der Waals surface area contributed by atoms with Gasteiger partial charge < -0.3 is 19.7 Å². The minimum atomic E-state index is -4.37. The molecule has 1 atom stereocenters. The van der Waals surface area contributed by atoms with Crippen molar-refractivity contribution in [1.82, 2.24) is 10.2 Å². The average Bonchev–Trinajstić information content (AvgIpc) is 3.05. The minimum Gasteiger partial charge on any atom is -0.497 e. The number of carbonyl (C=O) groups is 2. The number of sulfonamides is 1. The fourth-order valence-corrected chi connectivity index (χ4v) is 6.29. The van der Waals surface area contributed by atoms with Crippen molar-refractivity contribution < 1.29 is 31.9 Å². The first kappa shape index (κ1) is 33.0. The maximum atomic E-state index is 15.0. The molecule has 0 aliphatic rings. The van der Waals surface area contributed by atoms with E-state index in [1.165, 1.54) is 68.6 Å². The number of methoxy groups -OCH3 is 2. The fraction of sp³-hybridized carbons (Fsp3) is 0.235. The SMILES string of the molecule is CNC(=O)C(Cc1ccccc1)N(Cc1ccccc1F)C(=O)CN(c1cc(OC)ccc1OC)S(=O)(=O)c1ccc(C)cc1. The molecule has 0 fully saturated rings. The zero-order valence-electron chi connectivity index (χ0n) is 25.6. The first-order valence-corrected chi connectivity index (χ1v) is 15.6. The number of carbonyl (C=O) groups excluding carboxylic acids is 2. The zero-order valence-corrected chi connectivity index (χ0v) is 26.4. The minimum absolute atomic E-state index is 0.0520. The molecule has 11 heteroatoms. The Balaban J connectivity index is 1.86. The Morgan fingerprint density at radius 1 is 0.889 bits per heavy atom. The van der Waals surface area contributed by atoms with E-state index >= 15 is 0 Å². The van der Waals surface area contributed by atoms with Crippen LogP contribution in [0.1, 0.15) is 16.7 Å². The lowest BCUT2D eigenvalue weighted by atomic mass is 10.0. The van der Waals surface area contributed by atoms with Crippen molar-refractivity contribution in [3.63, 3.8) is 0 Å². The molecule has 236 valence electrons. The molecule has 0 aliphatic carbocycles. The van der Waals surface area contributed by atoms with Crippen molar-refractivity contribution in [1.29, 1.82) is 0 Å². The van der Waals surface area contributed by atoms with Crippen molar-refractivity contribution in [2.45, 2.75) is 30.8 Å². The first-order valence-electron chi connectivity index (χ1n) is 14.2. The van der Waals surface area contributed by atoms with Crippen LogP contribution < -0.4 is 19.1 Å². The Morgan fingerprint density at radius 3 is 2.18 bits per heavy atom. The summed E-state index contributed by atoms with van der Waals surface area (Å²) in [6.45, 7) is 0.815. The number of rotatable bonds is 13. The number of ether oxygens (including phenoxy) is 2. The second-order valence-corrected chi connectivity index (χ2v) is 12.2. The van der Waals surface area contributed by atoms with Crippen LogP contribution in [0.3, 0.4) is 0 Å². The van der Waals surface area contributed by atoms with Gasteiger partial charge in [0.2, 0.25) is 11.8 Å². The van der Waals surface area contributed by atoms with Gasteiger partial charge in [-0.25, -0.2) is 12.8 Å². The molecule has 0 saturated heterocycles. The van der Waals surface area contributed by atoms with Gasteiger partial charge >= 0.3 is 0 Å². The van der Waals surface area contributed by atoms with Gasteiger partial charge in [-0.3, -0.25) is 13.9 Å². The summed E-state index contributed by atoms with van der Waals surface area (Å²) in [7, 11) is -0.109. The molecule has 0 aromatic heterocycles. The summed E-state index contributed by atoms with van der Waals surface area (Å²) in [4.78, 5) is 28.9. The number of hydrogen-bond acceptors (Lipinski definition) is 6. The van der Waals surface area contributed by atoms with Gasteiger partial charge in [0.25, 0.3) is 10.0 Å². The molecule has 1 N–H and O–H groups in total. The van der Waals surface area contributed by atoms with Crippen molar-refractivity contribution in [2.75, 3.05) is 32.1 Å². The molecule has 2 amide bonds. The van der Waals surface area contributed by atoms with E-state index in [2.05, 4.69) is 5.32 Å². The predicted octanol–water partition coefficient (Wildman–Crippen LogP) is 4.73. The Morgan fingerprint density at radius 2 is 1.56 bits per heavy atom. The summed E-state index contributed by atoms with van der Waals surface area (Å²) >= 11 is 0. The summed E-state index contributed by atoms with van der Waals surface area (Å²) in [6, 6.07) is 24.7. The molecule has 45 heavy (non-hydrogen) atoms. The van der Waals surface area contributed by atoms with Crippen LogP contribution in [0.2, 0.25) is 0 Å². The van der Waals surface area contributed by atoms with Gasteiger partial charge in [-0.05, 0) is 42.8 Å². The zero-order chi connectivity index (χ0) is 32.6. The van der Waals surface area contributed by atoms with Crippen LogP contribution in [-0.2, 0) is 32.6 Å². The molecular weight excluding hydrogens is 597 g/mol. The average molecular weight is 634 g/mol. The van der Waals surface area contributed by atoms with E-state index in [0.717, 1.165) is 15.4 Å². The number of aryl methyl sites for hydroxylation is 1. The van der Waals surface area contributed by atoms with Gasteiger partial charge in [0.05, 0.1) is 24.8 Å². The molecule has 9 nitrogen and oxygen atoms in total. The molecule has 4 aromatic carbocycles. The van der Waals surface area contributed by atoms with E-state index in [4.69, 9.17) is 9.47 Å². The molecule has 0 saturated carbocycles. The second kappa shape index (κ2) is 14.7. The Kier molecular flexibility index (Phi) is 10.8. The Hall–Kier alpha value is -4.90. The fourth-order valence-electron chi connectivity index (χ4n) is 4.87. The Bertz CT molecular complexity index is 1730. The lowest BCUT2D eigenvalue weighted by molar-refractivity contribution is -0.139. The third-order valence-electron chi connectivity index (χ3n) is 7.36. The molecule has 0 heterocycles. The number of benzene rings is 4. The van der Waals surface area contributed by atoms with E-state index < -0.39 is 40.2 Å². The smallest absolute Gasteiger partial charge is 0.264 e. The number of nitrogens with one attached hydrogen (secondary N) is 1. The molecule has 0 spiro atoms. The summed E-state index contributed by atoms with van der Waals surface area (Å²) in [5.74, 6) is -1.28. The number of nitrogens with zero attached hydrogens (tertiary/aromatic N) is 2. The van der Waals surface area contributed by atoms with Crippen LogP contribution >= 0.6 is 0 Å². The first-order chi connectivity index (χ1) is 21.6. The summed E-state index contributed by atoms with van der Waals surface area (Å²) < 4.78 is 55.3. The van der Waals surface area contributed by atoms with Crippen molar-refractivity contribution in [2.24, 2.45) is 0 Å². The largest absolute Gasteiger partial charge is 0.497 e. The lowest BCUT2D eigenvalue weighted by Gasteiger charge is -2.34. The highest BCUT2D eigenvalue weighted by Crippen LogP contribution is 2.36. The van der Waals surface area contributed by atoms with Crippen LogP contribution in [0, 0.1) is 12.7 Å². The monoisotopic (exact) mass is 633 g/mol. The molecule has 0 bridgehead atoms. The maximum absolute atomic E-state index is 15.0. The summed E-state index contributed by atoms with van der Waals surface area (Å²) in [5, 5.41) is 2.61. The highest BCUT2D eigenvalue weighted by molar-refractivity contribution is 7.92.